The second-order valence-corrected chi connectivity index (χ2v) is 9.10. The van der Waals surface area contributed by atoms with E-state index in [1.165, 1.54) is 12.1 Å². The van der Waals surface area contributed by atoms with Gasteiger partial charge >= 0.3 is 11.9 Å². The van der Waals surface area contributed by atoms with Crippen molar-refractivity contribution < 1.29 is 32.4 Å². The minimum absolute atomic E-state index is 0.0541. The Morgan fingerprint density at radius 3 is 2.29 bits per heavy atom. The van der Waals surface area contributed by atoms with E-state index in [1.54, 1.807) is 36.9 Å². The summed E-state index contributed by atoms with van der Waals surface area (Å²) in [5.74, 6) is 0.390. The van der Waals surface area contributed by atoms with E-state index in [1.807, 2.05) is 12.1 Å². The number of aromatic nitrogens is 2. The summed E-state index contributed by atoms with van der Waals surface area (Å²) in [5, 5.41) is 18.1. The van der Waals surface area contributed by atoms with Crippen molar-refractivity contribution in [2.45, 2.75) is 44.9 Å². The normalized spacial score (nSPS) is 14.4. The second-order valence-electron chi connectivity index (χ2n) is 9.10. The second kappa shape index (κ2) is 11.0. The van der Waals surface area contributed by atoms with E-state index in [0.29, 0.717) is 31.7 Å². The molecule has 9 nitrogen and oxygen atoms in total. The van der Waals surface area contributed by atoms with Gasteiger partial charge in [-0.05, 0) is 68.5 Å². The van der Waals surface area contributed by atoms with E-state index in [0.717, 1.165) is 17.7 Å². The summed E-state index contributed by atoms with van der Waals surface area (Å²) in [4.78, 5) is 25.6. The van der Waals surface area contributed by atoms with Gasteiger partial charge in [0.15, 0.2) is 11.4 Å². The van der Waals surface area contributed by atoms with Crippen molar-refractivity contribution in [2.24, 2.45) is 0 Å². The zero-order valence-electron chi connectivity index (χ0n) is 20.6. The van der Waals surface area contributed by atoms with Crippen molar-refractivity contribution in [3.05, 3.63) is 81.5 Å². The fraction of sp³-hybridized carbons (Fsp3) is 0.346. The maximum Gasteiger partial charge on any atom is 0.435 e. The third-order valence-electron chi connectivity index (χ3n) is 6.05. The smallest absolute Gasteiger partial charge is 0.435 e. The summed E-state index contributed by atoms with van der Waals surface area (Å²) in [6.07, 6.45) is -3.41. The first-order valence-electron chi connectivity index (χ1n) is 11.9. The lowest BCUT2D eigenvalue weighted by atomic mass is 9.89. The molecular weight excluding hydrogens is 505 g/mol. The van der Waals surface area contributed by atoms with Crippen LogP contribution in [0.3, 0.4) is 0 Å². The van der Waals surface area contributed by atoms with Crippen LogP contribution in [0.1, 0.15) is 54.2 Å². The summed E-state index contributed by atoms with van der Waals surface area (Å²) < 4.78 is 48.9. The van der Waals surface area contributed by atoms with E-state index in [9.17, 15) is 28.1 Å². The number of amides is 1. The third-order valence-corrected chi connectivity index (χ3v) is 6.05. The number of hydrogen-bond acceptors (Lipinski definition) is 7. The molecule has 1 aliphatic rings. The molecule has 0 bridgehead atoms. The van der Waals surface area contributed by atoms with Crippen LogP contribution in [0.15, 0.2) is 54.6 Å². The molecule has 1 aliphatic heterocycles. The molecule has 38 heavy (non-hydrogen) atoms. The van der Waals surface area contributed by atoms with Crippen molar-refractivity contribution in [2.75, 3.05) is 13.1 Å². The quantitative estimate of drug-likeness (QED) is 0.272. The first-order chi connectivity index (χ1) is 18.0. The molecule has 0 aliphatic carbocycles. The monoisotopic (exact) mass is 530 g/mol. The fourth-order valence-electron chi connectivity index (χ4n) is 4.20. The van der Waals surface area contributed by atoms with Crippen LogP contribution in [-0.2, 0) is 6.18 Å². The van der Waals surface area contributed by atoms with E-state index >= 15 is 0 Å². The number of likely N-dealkylation sites (tertiary alicyclic amines) is 1. The Balaban J connectivity index is 1.35. The summed E-state index contributed by atoms with van der Waals surface area (Å²) in [6.45, 7) is 4.50. The van der Waals surface area contributed by atoms with E-state index in [4.69, 9.17) is 9.47 Å². The lowest BCUT2D eigenvalue weighted by Gasteiger charge is -2.32. The minimum atomic E-state index is -4.57. The Morgan fingerprint density at radius 1 is 1.05 bits per heavy atom. The van der Waals surface area contributed by atoms with Gasteiger partial charge in [0.25, 0.3) is 5.91 Å². The molecule has 1 aromatic heterocycles. The van der Waals surface area contributed by atoms with E-state index in [-0.39, 0.29) is 40.8 Å². The van der Waals surface area contributed by atoms with Gasteiger partial charge in [0, 0.05) is 30.8 Å². The number of piperidine rings is 1. The Hall–Kier alpha value is -4.22. The summed E-state index contributed by atoms with van der Waals surface area (Å²) in [5.41, 5.74) is -0.0719. The molecule has 0 unspecified atom stereocenters. The van der Waals surface area contributed by atoms with Gasteiger partial charge in [0.05, 0.1) is 11.0 Å². The summed E-state index contributed by atoms with van der Waals surface area (Å²) in [7, 11) is 0. The first kappa shape index (κ1) is 26.8. The topological polar surface area (TPSA) is 108 Å². The molecule has 200 valence electrons. The molecule has 1 saturated heterocycles. The van der Waals surface area contributed by atoms with Crippen LogP contribution in [0.4, 0.5) is 18.9 Å². The Kier molecular flexibility index (Phi) is 7.79. The fourth-order valence-corrected chi connectivity index (χ4v) is 4.20. The van der Waals surface area contributed by atoms with Crippen LogP contribution >= 0.6 is 0 Å². The number of hydrogen-bond donors (Lipinski definition) is 0. The Bertz CT molecular complexity index is 1290. The number of nitro benzene ring substituents is 1. The third kappa shape index (κ3) is 6.36. The predicted molar refractivity (Wildman–Crippen MR) is 130 cm³/mol. The number of ether oxygens (including phenoxy) is 2. The number of carbonyl (C=O) groups is 1. The molecule has 1 amide bonds. The van der Waals surface area contributed by atoms with Crippen molar-refractivity contribution in [1.82, 2.24) is 15.1 Å². The van der Waals surface area contributed by atoms with Crippen LogP contribution in [0, 0.1) is 10.1 Å². The largest absolute Gasteiger partial charge is 0.484 e. The highest BCUT2D eigenvalue weighted by molar-refractivity contribution is 5.95. The molecule has 4 rings (SSSR count). The zero-order valence-corrected chi connectivity index (χ0v) is 20.6. The van der Waals surface area contributed by atoms with Crippen molar-refractivity contribution in [3.63, 3.8) is 0 Å². The lowest BCUT2D eigenvalue weighted by molar-refractivity contribution is -0.386. The van der Waals surface area contributed by atoms with Gasteiger partial charge in [0.2, 0.25) is 5.88 Å². The molecular formula is C26H25F3N4O5. The number of rotatable bonds is 7. The van der Waals surface area contributed by atoms with Gasteiger partial charge in [-0.2, -0.15) is 13.2 Å². The lowest BCUT2D eigenvalue weighted by Crippen LogP contribution is -2.37. The first-order valence-corrected chi connectivity index (χ1v) is 11.9. The van der Waals surface area contributed by atoms with Crippen molar-refractivity contribution in [3.8, 4) is 17.4 Å². The number of nitrogens with zero attached hydrogens (tertiary/aromatic N) is 4. The molecule has 0 atom stereocenters. The minimum Gasteiger partial charge on any atom is -0.484 e. The number of benzene rings is 2. The molecule has 0 saturated carbocycles. The molecule has 3 aromatic rings. The highest BCUT2D eigenvalue weighted by Gasteiger charge is 2.33. The summed E-state index contributed by atoms with van der Waals surface area (Å²) in [6, 6.07) is 13.3. The van der Waals surface area contributed by atoms with Crippen LogP contribution < -0.4 is 9.47 Å². The molecule has 0 spiro atoms. The molecule has 2 heterocycles. The maximum atomic E-state index is 13.0. The van der Waals surface area contributed by atoms with Crippen molar-refractivity contribution in [1.29, 1.82) is 0 Å². The van der Waals surface area contributed by atoms with Crippen LogP contribution in [-0.4, -0.2) is 45.1 Å². The molecule has 1 fully saturated rings. The van der Waals surface area contributed by atoms with Crippen LogP contribution in [0.25, 0.3) is 0 Å². The molecule has 0 N–H and O–H groups in total. The Labute approximate surface area is 216 Å². The average Bonchev–Trinajstić information content (AvgIpc) is 2.88. The number of nitro groups is 1. The standard InChI is InChI=1S/C26H25F3N4O5/c1-16(2)37-22-8-5-19(15-21(22)33(35)36)25(34)32-13-11-18(12-14-32)17-3-6-20(7-4-17)38-24-10-9-23(30-31-24)26(27,28)29/h3-10,15-16,18H,11-14H2,1-2H3. The number of carbonyl (C=O) groups excluding carboxylic acids is 1. The zero-order chi connectivity index (χ0) is 27.4. The average molecular weight is 531 g/mol. The van der Waals surface area contributed by atoms with Gasteiger partial charge in [-0.15, -0.1) is 10.2 Å². The van der Waals surface area contributed by atoms with Gasteiger partial charge in [0.1, 0.15) is 5.75 Å². The van der Waals surface area contributed by atoms with Crippen LogP contribution in [0.5, 0.6) is 17.4 Å². The highest BCUT2D eigenvalue weighted by atomic mass is 19.4. The van der Waals surface area contributed by atoms with Gasteiger partial charge in [-0.25, -0.2) is 0 Å². The van der Waals surface area contributed by atoms with Gasteiger partial charge < -0.3 is 14.4 Å². The van der Waals surface area contributed by atoms with Gasteiger partial charge in [-0.1, -0.05) is 12.1 Å². The highest BCUT2D eigenvalue weighted by Crippen LogP contribution is 2.33. The molecule has 12 heteroatoms. The molecule has 0 radical (unpaired) electrons. The SMILES string of the molecule is CC(C)Oc1ccc(C(=O)N2CCC(c3ccc(Oc4ccc(C(F)(F)F)nn4)cc3)CC2)cc1[N+](=O)[O-]. The Morgan fingerprint density at radius 2 is 1.74 bits per heavy atom. The van der Waals surface area contributed by atoms with Crippen molar-refractivity contribution >= 4 is 11.6 Å². The van der Waals surface area contributed by atoms with E-state index < -0.39 is 16.8 Å². The maximum absolute atomic E-state index is 13.0. The van der Waals surface area contributed by atoms with Crippen LogP contribution in [0.2, 0.25) is 0 Å². The number of halogens is 3. The summed E-state index contributed by atoms with van der Waals surface area (Å²) >= 11 is 0. The van der Waals surface area contributed by atoms with E-state index in [2.05, 4.69) is 10.2 Å². The predicted octanol–water partition coefficient (Wildman–Crippen LogP) is 6.00. The van der Waals surface area contributed by atoms with Gasteiger partial charge in [-0.3, -0.25) is 14.9 Å². The molecule has 2 aromatic carbocycles. The number of alkyl halides is 3.